The van der Waals surface area contributed by atoms with E-state index < -0.39 is 11.2 Å². The molecule has 0 bridgehead atoms. The molecule has 0 atom stereocenters. The van der Waals surface area contributed by atoms with E-state index >= 15 is 0 Å². The number of nitrogens with zero attached hydrogens (tertiary/aromatic N) is 1. The van der Waals surface area contributed by atoms with Gasteiger partial charge >= 0.3 is 0 Å². The van der Waals surface area contributed by atoms with Gasteiger partial charge < -0.3 is 9.47 Å². The molecule has 1 heterocycles. The van der Waals surface area contributed by atoms with Crippen LogP contribution < -0.4 is 9.47 Å². The number of hydrogen-bond acceptors (Lipinski definition) is 4. The fourth-order valence-electron chi connectivity index (χ4n) is 3.31. The zero-order chi connectivity index (χ0) is 15.1. The number of ether oxygens (including phenoxy) is 2. The summed E-state index contributed by atoms with van der Waals surface area (Å²) in [7, 11) is 0. The molecule has 3 rings (SSSR count). The molecule has 1 saturated carbocycles. The first-order valence-electron chi connectivity index (χ1n) is 7.19. The third-order valence-corrected chi connectivity index (χ3v) is 4.34. The number of rotatable bonds is 3. The molecule has 0 spiro atoms. The molecule has 1 fully saturated rings. The number of isocyanates is 1. The molecular formula is C16H18FNO3. The summed E-state index contributed by atoms with van der Waals surface area (Å²) in [6.07, 6.45) is 5.06. The van der Waals surface area contributed by atoms with Crippen molar-refractivity contribution in [3.8, 4) is 11.5 Å². The van der Waals surface area contributed by atoms with Gasteiger partial charge in [0.2, 0.25) is 12.9 Å². The highest BCUT2D eigenvalue weighted by molar-refractivity contribution is 5.54. The van der Waals surface area contributed by atoms with E-state index in [1.165, 1.54) is 13.8 Å². The maximum Gasteiger partial charge on any atom is 0.235 e. The molecule has 21 heavy (non-hydrogen) atoms. The lowest BCUT2D eigenvalue weighted by atomic mass is 9.81. The lowest BCUT2D eigenvalue weighted by Crippen LogP contribution is -2.25. The van der Waals surface area contributed by atoms with Crippen molar-refractivity contribution >= 4 is 6.08 Å². The van der Waals surface area contributed by atoms with Crippen LogP contribution in [0.25, 0.3) is 0 Å². The van der Waals surface area contributed by atoms with Crippen LogP contribution in [0.4, 0.5) is 4.39 Å². The highest BCUT2D eigenvalue weighted by Gasteiger charge is 2.41. The maximum atomic E-state index is 14.7. The van der Waals surface area contributed by atoms with E-state index in [-0.39, 0.29) is 6.79 Å². The Bertz CT molecular complexity index is 609. The van der Waals surface area contributed by atoms with Gasteiger partial charge in [0.05, 0.1) is 5.54 Å². The molecule has 1 aliphatic carbocycles. The average molecular weight is 291 g/mol. The molecule has 0 aromatic heterocycles. The SMILES string of the molecule is CC(C)(F)c1cc2c(cc1C1(N=C=O)CCCC1)OCO2. The summed E-state index contributed by atoms with van der Waals surface area (Å²) >= 11 is 0. The first kappa shape index (κ1) is 14.1. The number of alkyl halides is 1. The van der Waals surface area contributed by atoms with Crippen molar-refractivity contribution in [1.29, 1.82) is 0 Å². The van der Waals surface area contributed by atoms with Gasteiger partial charge in [-0.3, -0.25) is 0 Å². The molecule has 0 saturated heterocycles. The topological polar surface area (TPSA) is 47.9 Å². The van der Waals surface area contributed by atoms with E-state index in [4.69, 9.17) is 9.47 Å². The van der Waals surface area contributed by atoms with E-state index in [1.54, 1.807) is 18.2 Å². The van der Waals surface area contributed by atoms with Crippen LogP contribution in [-0.2, 0) is 16.0 Å². The Kier molecular flexibility index (Phi) is 3.25. The Morgan fingerprint density at radius 2 is 1.86 bits per heavy atom. The summed E-state index contributed by atoms with van der Waals surface area (Å²) < 4.78 is 25.4. The standard InChI is InChI=1S/C16H18FNO3/c1-15(2,17)11-7-13-14(21-10-20-13)8-12(11)16(18-9-19)5-3-4-6-16/h7-8H,3-6,10H2,1-2H3. The van der Waals surface area contributed by atoms with Gasteiger partial charge in [-0.1, -0.05) is 12.8 Å². The second kappa shape index (κ2) is 4.85. The van der Waals surface area contributed by atoms with E-state index in [1.807, 2.05) is 0 Å². The summed E-state index contributed by atoms with van der Waals surface area (Å²) in [4.78, 5) is 14.9. The maximum absolute atomic E-state index is 14.7. The summed E-state index contributed by atoms with van der Waals surface area (Å²) in [5.74, 6) is 1.13. The van der Waals surface area contributed by atoms with Crippen LogP contribution >= 0.6 is 0 Å². The monoisotopic (exact) mass is 291 g/mol. The molecule has 2 aliphatic rings. The van der Waals surface area contributed by atoms with Gasteiger partial charge in [0, 0.05) is 0 Å². The number of fused-ring (bicyclic) bond motifs is 1. The molecule has 0 N–H and O–H groups in total. The van der Waals surface area contributed by atoms with E-state index in [2.05, 4.69) is 4.99 Å². The van der Waals surface area contributed by atoms with Gasteiger partial charge in [-0.2, -0.15) is 4.99 Å². The predicted octanol–water partition coefficient (Wildman–Crippen LogP) is 3.73. The lowest BCUT2D eigenvalue weighted by Gasteiger charge is -2.29. The minimum Gasteiger partial charge on any atom is -0.454 e. The second-order valence-electron chi connectivity index (χ2n) is 6.17. The number of aliphatic imine (C=N–C) groups is 1. The van der Waals surface area contributed by atoms with E-state index in [9.17, 15) is 9.18 Å². The molecule has 4 nitrogen and oxygen atoms in total. The molecule has 0 radical (unpaired) electrons. The summed E-state index contributed by atoms with van der Waals surface area (Å²) in [6.45, 7) is 3.14. The van der Waals surface area contributed by atoms with Crippen molar-refractivity contribution in [2.24, 2.45) is 4.99 Å². The minimum atomic E-state index is -1.55. The van der Waals surface area contributed by atoms with Crippen LogP contribution in [0, 0.1) is 0 Å². The van der Waals surface area contributed by atoms with Crippen molar-refractivity contribution in [3.05, 3.63) is 23.3 Å². The van der Waals surface area contributed by atoms with E-state index in [0.29, 0.717) is 17.1 Å². The zero-order valence-electron chi connectivity index (χ0n) is 12.2. The van der Waals surface area contributed by atoms with Crippen LogP contribution in [-0.4, -0.2) is 12.9 Å². The van der Waals surface area contributed by atoms with Crippen LogP contribution in [0.15, 0.2) is 17.1 Å². The summed E-state index contributed by atoms with van der Waals surface area (Å²) in [5, 5.41) is 0. The Morgan fingerprint density at radius 1 is 1.24 bits per heavy atom. The smallest absolute Gasteiger partial charge is 0.235 e. The van der Waals surface area contributed by atoms with Crippen molar-refractivity contribution in [1.82, 2.24) is 0 Å². The van der Waals surface area contributed by atoms with E-state index in [0.717, 1.165) is 31.2 Å². The number of carbonyl (C=O) groups excluding carboxylic acids is 1. The second-order valence-corrected chi connectivity index (χ2v) is 6.17. The molecule has 1 aliphatic heterocycles. The molecule has 1 aromatic rings. The normalized spacial score (nSPS) is 19.4. The first-order valence-corrected chi connectivity index (χ1v) is 7.19. The van der Waals surface area contributed by atoms with Gasteiger partial charge in [0.15, 0.2) is 11.5 Å². The molecule has 0 amide bonds. The Balaban J connectivity index is 2.22. The van der Waals surface area contributed by atoms with Crippen LogP contribution in [0.1, 0.15) is 50.7 Å². The Labute approximate surface area is 123 Å². The van der Waals surface area contributed by atoms with Crippen LogP contribution in [0.2, 0.25) is 0 Å². The third-order valence-electron chi connectivity index (χ3n) is 4.34. The number of benzene rings is 1. The lowest BCUT2D eigenvalue weighted by molar-refractivity contribution is 0.173. The van der Waals surface area contributed by atoms with Crippen molar-refractivity contribution in [2.45, 2.75) is 50.7 Å². The highest BCUT2D eigenvalue weighted by Crippen LogP contribution is 2.49. The molecule has 1 aromatic carbocycles. The average Bonchev–Trinajstić information content (AvgIpc) is 3.05. The number of halogens is 1. The van der Waals surface area contributed by atoms with Gasteiger partial charge in [-0.25, -0.2) is 9.18 Å². The Hall–Kier alpha value is -1.87. The highest BCUT2D eigenvalue weighted by atomic mass is 19.1. The molecular weight excluding hydrogens is 273 g/mol. The van der Waals surface area contributed by atoms with Gasteiger partial charge in [-0.15, -0.1) is 0 Å². The van der Waals surface area contributed by atoms with Gasteiger partial charge in [0.1, 0.15) is 5.67 Å². The quantitative estimate of drug-likeness (QED) is 0.630. The molecule has 5 heteroatoms. The summed E-state index contributed by atoms with van der Waals surface area (Å²) in [5.41, 5.74) is -1.00. The van der Waals surface area contributed by atoms with Gasteiger partial charge in [-0.05, 0) is 49.9 Å². The van der Waals surface area contributed by atoms with Crippen LogP contribution in [0.5, 0.6) is 11.5 Å². The minimum absolute atomic E-state index is 0.134. The van der Waals surface area contributed by atoms with Crippen LogP contribution in [0.3, 0.4) is 0 Å². The zero-order valence-corrected chi connectivity index (χ0v) is 12.2. The van der Waals surface area contributed by atoms with Crippen molar-refractivity contribution in [2.75, 3.05) is 6.79 Å². The van der Waals surface area contributed by atoms with Crippen molar-refractivity contribution in [3.63, 3.8) is 0 Å². The molecule has 112 valence electrons. The Morgan fingerprint density at radius 3 is 2.43 bits per heavy atom. The largest absolute Gasteiger partial charge is 0.454 e. The van der Waals surface area contributed by atoms with Crippen molar-refractivity contribution < 1.29 is 18.7 Å². The summed E-state index contributed by atoms with van der Waals surface area (Å²) in [6, 6.07) is 3.46. The first-order chi connectivity index (χ1) is 9.96. The molecule has 0 unspecified atom stereocenters. The fraction of sp³-hybridized carbons (Fsp3) is 0.562. The number of hydrogen-bond donors (Lipinski definition) is 0. The van der Waals surface area contributed by atoms with Gasteiger partial charge in [0.25, 0.3) is 0 Å². The fourth-order valence-corrected chi connectivity index (χ4v) is 3.31. The third kappa shape index (κ3) is 2.32. The predicted molar refractivity (Wildman–Crippen MR) is 75.0 cm³/mol.